The molecule has 34 heavy (non-hydrogen) atoms. The van der Waals surface area contributed by atoms with E-state index in [4.69, 9.17) is 15.7 Å². The molecule has 1 aliphatic heterocycles. The van der Waals surface area contributed by atoms with Crippen LogP contribution in [-0.2, 0) is 4.79 Å². The van der Waals surface area contributed by atoms with Gasteiger partial charge in [-0.05, 0) is 70.4 Å². The first-order chi connectivity index (χ1) is 16.5. The predicted octanol–water partition coefficient (Wildman–Crippen LogP) is 2.82. The van der Waals surface area contributed by atoms with Crippen LogP contribution in [0.25, 0.3) is 5.65 Å². The molecule has 0 unspecified atom stereocenters. The van der Waals surface area contributed by atoms with E-state index in [1.807, 2.05) is 29.7 Å². The Morgan fingerprint density at radius 2 is 2.03 bits per heavy atom. The molecule has 0 bridgehead atoms. The van der Waals surface area contributed by atoms with Gasteiger partial charge in [-0.1, -0.05) is 0 Å². The van der Waals surface area contributed by atoms with Gasteiger partial charge in [-0.15, -0.1) is 0 Å². The molecule has 1 saturated heterocycles. The van der Waals surface area contributed by atoms with Gasteiger partial charge in [0.1, 0.15) is 11.2 Å². The Balaban J connectivity index is 1.26. The van der Waals surface area contributed by atoms with Crippen molar-refractivity contribution in [3.05, 3.63) is 30.1 Å². The van der Waals surface area contributed by atoms with Crippen molar-refractivity contribution in [3.8, 4) is 0 Å². The van der Waals surface area contributed by atoms with Crippen molar-refractivity contribution in [2.75, 3.05) is 16.8 Å². The molecule has 3 aromatic heterocycles. The highest BCUT2D eigenvalue weighted by Gasteiger charge is 2.45. The van der Waals surface area contributed by atoms with E-state index >= 15 is 0 Å². The second kappa shape index (κ2) is 8.26. The van der Waals surface area contributed by atoms with Gasteiger partial charge in [0.05, 0.1) is 0 Å². The molecule has 3 aromatic rings. The number of nitrogens with two attached hydrogens (primary N) is 1. The van der Waals surface area contributed by atoms with Crippen LogP contribution in [0.15, 0.2) is 24.4 Å². The average Bonchev–Trinajstić information content (AvgIpc) is 3.20. The van der Waals surface area contributed by atoms with Crippen molar-refractivity contribution >= 4 is 29.3 Å². The van der Waals surface area contributed by atoms with E-state index in [2.05, 4.69) is 31.8 Å². The molecule has 3 aliphatic rings. The summed E-state index contributed by atoms with van der Waals surface area (Å²) in [6, 6.07) is 6.41. The van der Waals surface area contributed by atoms with Crippen LogP contribution in [0.2, 0.25) is 0 Å². The number of aromatic amines is 1. The van der Waals surface area contributed by atoms with Crippen molar-refractivity contribution in [2.45, 2.75) is 81.8 Å². The Kier molecular flexibility index (Phi) is 5.20. The van der Waals surface area contributed by atoms with Gasteiger partial charge >= 0.3 is 0 Å². The summed E-state index contributed by atoms with van der Waals surface area (Å²) in [7, 11) is 0. The van der Waals surface area contributed by atoms with E-state index in [-0.39, 0.29) is 18.0 Å². The number of nitrogens with one attached hydrogen (secondary N) is 3. The Morgan fingerprint density at radius 1 is 1.21 bits per heavy atom. The lowest BCUT2D eigenvalue weighted by molar-refractivity contribution is -0.126. The van der Waals surface area contributed by atoms with Crippen LogP contribution < -0.4 is 21.3 Å². The molecule has 180 valence electrons. The second-order valence-corrected chi connectivity index (χ2v) is 10.3. The molecule has 6 rings (SSSR count). The molecular formula is C24H33N9O. The number of rotatable bonds is 6. The molecule has 0 spiro atoms. The minimum atomic E-state index is -0.687. The van der Waals surface area contributed by atoms with Gasteiger partial charge in [-0.2, -0.15) is 15.1 Å². The molecule has 2 aliphatic carbocycles. The topological polar surface area (TPSA) is 129 Å². The molecule has 5 N–H and O–H groups in total. The smallest absolute Gasteiger partial charge is 0.245 e. The highest BCUT2D eigenvalue weighted by Crippen LogP contribution is 2.40. The molecule has 10 heteroatoms. The van der Waals surface area contributed by atoms with Gasteiger partial charge in [-0.25, -0.2) is 0 Å². The maximum absolute atomic E-state index is 13.5. The van der Waals surface area contributed by atoms with Crippen LogP contribution in [0.3, 0.4) is 0 Å². The molecule has 0 radical (unpaired) electrons. The van der Waals surface area contributed by atoms with Gasteiger partial charge in [0, 0.05) is 42.5 Å². The van der Waals surface area contributed by atoms with Gasteiger partial charge < -0.3 is 21.3 Å². The number of fused-ring (bicyclic) bond motifs is 1. The summed E-state index contributed by atoms with van der Waals surface area (Å²) >= 11 is 0. The van der Waals surface area contributed by atoms with E-state index in [1.165, 1.54) is 12.8 Å². The average molecular weight is 464 g/mol. The summed E-state index contributed by atoms with van der Waals surface area (Å²) in [5, 5.41) is 14.2. The normalized spacial score (nSPS) is 27.3. The molecule has 4 heterocycles. The number of carbonyl (C=O) groups excluding carboxylic acids is 1. The zero-order valence-corrected chi connectivity index (χ0v) is 19.6. The molecule has 10 nitrogen and oxygen atoms in total. The van der Waals surface area contributed by atoms with Crippen molar-refractivity contribution in [1.82, 2.24) is 29.9 Å². The highest BCUT2D eigenvalue weighted by molar-refractivity contribution is 5.90. The predicted molar refractivity (Wildman–Crippen MR) is 130 cm³/mol. The standard InChI is InChI=1S/C24H33N9O/c1-24(21(34)26-17-9-7-16(25)8-10-17)11-3-13-33(24)23-28-20-4-2-12-32(20)22(29-23)27-19-14-18(30-31-19)15-5-6-15/h2,4,12,14-17H,3,5-11,13,25H2,1H3,(H,26,34)(H2,27,28,29,30,31)/t16?,17?,24-/m0/s1. The number of anilines is 3. The lowest BCUT2D eigenvalue weighted by atomic mass is 9.90. The number of amides is 1. The number of hydrogen-bond donors (Lipinski definition) is 4. The molecule has 1 amide bonds. The lowest BCUT2D eigenvalue weighted by Crippen LogP contribution is -2.56. The van der Waals surface area contributed by atoms with Crippen LogP contribution >= 0.6 is 0 Å². The van der Waals surface area contributed by atoms with Gasteiger partial charge in [0.2, 0.25) is 17.8 Å². The van der Waals surface area contributed by atoms with Crippen molar-refractivity contribution < 1.29 is 4.79 Å². The van der Waals surface area contributed by atoms with Gasteiger partial charge in [0.15, 0.2) is 5.82 Å². The lowest BCUT2D eigenvalue weighted by Gasteiger charge is -2.36. The largest absolute Gasteiger partial charge is 0.351 e. The summed E-state index contributed by atoms with van der Waals surface area (Å²) in [6.07, 6.45) is 9.85. The second-order valence-electron chi connectivity index (χ2n) is 10.3. The summed E-state index contributed by atoms with van der Waals surface area (Å²) < 4.78 is 1.91. The maximum Gasteiger partial charge on any atom is 0.245 e. The first-order valence-corrected chi connectivity index (χ1v) is 12.5. The summed E-state index contributed by atoms with van der Waals surface area (Å²) in [5.41, 5.74) is 7.30. The fourth-order valence-corrected chi connectivity index (χ4v) is 5.37. The Morgan fingerprint density at radius 3 is 2.82 bits per heavy atom. The van der Waals surface area contributed by atoms with Crippen LogP contribution in [-0.4, -0.2) is 54.6 Å². The summed E-state index contributed by atoms with van der Waals surface area (Å²) in [5.74, 6) is 2.58. The van der Waals surface area contributed by atoms with Crippen molar-refractivity contribution in [3.63, 3.8) is 0 Å². The van der Waals surface area contributed by atoms with Gasteiger partial charge in [-0.3, -0.25) is 14.3 Å². The fraction of sp³-hybridized carbons (Fsp3) is 0.583. The molecule has 2 saturated carbocycles. The first kappa shape index (κ1) is 21.4. The van der Waals surface area contributed by atoms with Crippen LogP contribution in [0, 0.1) is 0 Å². The van der Waals surface area contributed by atoms with Gasteiger partial charge in [0.25, 0.3) is 0 Å². The number of H-pyrrole nitrogens is 1. The van der Waals surface area contributed by atoms with E-state index in [9.17, 15) is 4.79 Å². The van der Waals surface area contributed by atoms with Crippen molar-refractivity contribution in [2.24, 2.45) is 5.73 Å². The molecule has 1 atom stereocenters. The van der Waals surface area contributed by atoms with Crippen LogP contribution in [0.4, 0.5) is 17.7 Å². The maximum atomic E-state index is 13.5. The van der Waals surface area contributed by atoms with E-state index in [0.29, 0.717) is 17.8 Å². The number of aromatic nitrogens is 5. The Hall–Kier alpha value is -3.14. The SMILES string of the molecule is C[C@@]1(C(=O)NC2CCC(N)CC2)CCCN1c1nc(Nc2cc(C3CC3)[nH]n2)n2cccc2n1. The van der Waals surface area contributed by atoms with Crippen molar-refractivity contribution in [1.29, 1.82) is 0 Å². The Labute approximate surface area is 198 Å². The monoisotopic (exact) mass is 463 g/mol. The molecule has 0 aromatic carbocycles. The summed E-state index contributed by atoms with van der Waals surface area (Å²) in [4.78, 5) is 25.2. The minimum Gasteiger partial charge on any atom is -0.351 e. The zero-order valence-electron chi connectivity index (χ0n) is 19.6. The van der Waals surface area contributed by atoms with E-state index < -0.39 is 5.54 Å². The Bertz CT molecular complexity index is 1190. The van der Waals surface area contributed by atoms with Crippen LogP contribution in [0.1, 0.15) is 69.9 Å². The molecular weight excluding hydrogens is 430 g/mol. The van der Waals surface area contributed by atoms with Crippen LogP contribution in [0.5, 0.6) is 0 Å². The van der Waals surface area contributed by atoms with E-state index in [0.717, 1.165) is 62.2 Å². The number of nitrogens with zero attached hydrogens (tertiary/aromatic N) is 5. The first-order valence-electron chi connectivity index (χ1n) is 12.5. The third-order valence-corrected chi connectivity index (χ3v) is 7.71. The summed E-state index contributed by atoms with van der Waals surface area (Å²) in [6.45, 7) is 2.75. The highest BCUT2D eigenvalue weighted by atomic mass is 16.2. The minimum absolute atomic E-state index is 0.0558. The molecule has 3 fully saturated rings. The quantitative estimate of drug-likeness (QED) is 0.442. The fourth-order valence-electron chi connectivity index (χ4n) is 5.37. The third-order valence-electron chi connectivity index (χ3n) is 7.71. The zero-order chi connectivity index (χ0) is 23.3. The number of carbonyl (C=O) groups is 1. The van der Waals surface area contributed by atoms with E-state index in [1.54, 1.807) is 0 Å². The third kappa shape index (κ3) is 3.89. The number of hydrogen-bond acceptors (Lipinski definition) is 7.